The Labute approximate surface area is 129 Å². The summed E-state index contributed by atoms with van der Waals surface area (Å²) < 4.78 is 5.19. The number of carbonyl (C=O) groups is 1. The molecule has 1 fully saturated rings. The number of carbonyl (C=O) groups excluding carboxylic acids is 1. The van der Waals surface area contributed by atoms with Crippen LogP contribution >= 0.6 is 0 Å². The molecule has 1 aromatic carbocycles. The number of nitrogens with one attached hydrogen (secondary N) is 1. The Morgan fingerprint density at radius 2 is 1.91 bits per heavy atom. The van der Waals surface area contributed by atoms with E-state index in [0.717, 1.165) is 31.2 Å². The molecule has 0 unspecified atom stereocenters. The van der Waals surface area contributed by atoms with E-state index >= 15 is 0 Å². The van der Waals surface area contributed by atoms with Gasteiger partial charge >= 0.3 is 0 Å². The molecule has 5 nitrogen and oxygen atoms in total. The highest BCUT2D eigenvalue weighted by Gasteiger charge is 2.22. The van der Waals surface area contributed by atoms with Crippen LogP contribution in [0, 0.1) is 6.92 Å². The van der Waals surface area contributed by atoms with Gasteiger partial charge in [0, 0.05) is 23.7 Å². The minimum Gasteiger partial charge on any atom is -0.350 e. The molecular weight excluding hydrogens is 278 g/mol. The summed E-state index contributed by atoms with van der Waals surface area (Å²) in [5.41, 5.74) is 8.68. The maximum Gasteiger partial charge on any atom is 0.290 e. The smallest absolute Gasteiger partial charge is 0.290 e. The third-order valence-corrected chi connectivity index (χ3v) is 4.19. The zero-order valence-electron chi connectivity index (χ0n) is 12.7. The van der Waals surface area contributed by atoms with Gasteiger partial charge in [0.05, 0.1) is 0 Å². The van der Waals surface area contributed by atoms with Crippen LogP contribution in [0.25, 0.3) is 11.3 Å². The molecule has 0 saturated heterocycles. The number of hydrogen-bond donors (Lipinski definition) is 2. The molecule has 1 aromatic heterocycles. The minimum atomic E-state index is -0.202. The first-order valence-corrected chi connectivity index (χ1v) is 7.72. The van der Waals surface area contributed by atoms with Crippen molar-refractivity contribution in [2.24, 2.45) is 5.73 Å². The number of aromatic nitrogens is 1. The largest absolute Gasteiger partial charge is 0.350 e. The van der Waals surface area contributed by atoms with Crippen LogP contribution in [-0.2, 0) is 0 Å². The molecule has 3 N–H and O–H groups in total. The normalized spacial score (nSPS) is 21.5. The van der Waals surface area contributed by atoms with E-state index in [1.807, 2.05) is 31.2 Å². The molecule has 0 atom stereocenters. The summed E-state index contributed by atoms with van der Waals surface area (Å²) in [5, 5.41) is 6.99. The maximum atomic E-state index is 12.2. The number of amides is 1. The zero-order valence-corrected chi connectivity index (χ0v) is 12.7. The molecule has 22 heavy (non-hydrogen) atoms. The van der Waals surface area contributed by atoms with Crippen LogP contribution < -0.4 is 11.1 Å². The number of nitrogens with zero attached hydrogens (tertiary/aromatic N) is 1. The van der Waals surface area contributed by atoms with E-state index in [2.05, 4.69) is 10.5 Å². The maximum absolute atomic E-state index is 12.2. The Kier molecular flexibility index (Phi) is 4.24. The van der Waals surface area contributed by atoms with E-state index in [4.69, 9.17) is 10.3 Å². The Morgan fingerprint density at radius 1 is 1.23 bits per heavy atom. The van der Waals surface area contributed by atoms with Crippen LogP contribution in [0.1, 0.15) is 41.8 Å². The third kappa shape index (κ3) is 3.36. The van der Waals surface area contributed by atoms with Crippen molar-refractivity contribution in [1.82, 2.24) is 10.5 Å². The third-order valence-electron chi connectivity index (χ3n) is 4.19. The molecule has 1 amide bonds. The van der Waals surface area contributed by atoms with Gasteiger partial charge in [-0.2, -0.15) is 0 Å². The molecule has 0 bridgehead atoms. The number of hydrogen-bond acceptors (Lipinski definition) is 4. The van der Waals surface area contributed by atoms with Gasteiger partial charge in [0.25, 0.3) is 5.91 Å². The van der Waals surface area contributed by atoms with E-state index < -0.39 is 0 Å². The lowest BCUT2D eigenvalue weighted by atomic mass is 9.92. The first-order valence-electron chi connectivity index (χ1n) is 7.72. The Balaban J connectivity index is 1.65. The van der Waals surface area contributed by atoms with E-state index in [1.165, 1.54) is 5.56 Å². The van der Waals surface area contributed by atoms with Crippen LogP contribution in [0.2, 0.25) is 0 Å². The van der Waals surface area contributed by atoms with Gasteiger partial charge in [-0.25, -0.2) is 0 Å². The highest BCUT2D eigenvalue weighted by Crippen LogP contribution is 2.21. The standard InChI is InChI=1S/C17H21N3O2/c1-11-2-4-12(5-3-11)15-10-16(22-20-15)17(21)19-14-8-6-13(18)7-9-14/h2-5,10,13-14H,6-9,18H2,1H3,(H,19,21). The van der Waals surface area contributed by atoms with Crippen LogP contribution in [0.5, 0.6) is 0 Å². The van der Waals surface area contributed by atoms with E-state index in [-0.39, 0.29) is 23.8 Å². The average molecular weight is 299 g/mol. The monoisotopic (exact) mass is 299 g/mol. The molecule has 1 aliphatic carbocycles. The summed E-state index contributed by atoms with van der Waals surface area (Å²) in [4.78, 5) is 12.2. The molecule has 116 valence electrons. The van der Waals surface area contributed by atoms with Crippen molar-refractivity contribution < 1.29 is 9.32 Å². The molecular formula is C17H21N3O2. The van der Waals surface area contributed by atoms with Crippen LogP contribution in [-0.4, -0.2) is 23.1 Å². The average Bonchev–Trinajstić information content (AvgIpc) is 3.00. The second-order valence-electron chi connectivity index (χ2n) is 6.03. The number of aryl methyl sites for hydroxylation is 1. The van der Waals surface area contributed by atoms with Crippen LogP contribution in [0.15, 0.2) is 34.9 Å². The van der Waals surface area contributed by atoms with Gasteiger partial charge in [0.2, 0.25) is 5.76 Å². The van der Waals surface area contributed by atoms with Crippen molar-refractivity contribution in [3.63, 3.8) is 0 Å². The lowest BCUT2D eigenvalue weighted by Crippen LogP contribution is -2.40. The molecule has 0 radical (unpaired) electrons. The first-order chi connectivity index (χ1) is 10.6. The second-order valence-corrected chi connectivity index (χ2v) is 6.03. The highest BCUT2D eigenvalue weighted by molar-refractivity contribution is 5.92. The molecule has 5 heteroatoms. The van der Waals surface area contributed by atoms with Crippen molar-refractivity contribution in [3.05, 3.63) is 41.7 Å². The molecule has 2 aromatic rings. The summed E-state index contributed by atoms with van der Waals surface area (Å²) in [5.74, 6) is 0.0526. The van der Waals surface area contributed by atoms with E-state index in [9.17, 15) is 4.79 Å². The fraction of sp³-hybridized carbons (Fsp3) is 0.412. The molecule has 1 aliphatic rings. The predicted molar refractivity (Wildman–Crippen MR) is 84.4 cm³/mol. The van der Waals surface area contributed by atoms with Crippen LogP contribution in [0.4, 0.5) is 0 Å². The summed E-state index contributed by atoms with van der Waals surface area (Å²) in [6, 6.07) is 10.1. The number of benzene rings is 1. The van der Waals surface area contributed by atoms with Gasteiger partial charge in [-0.05, 0) is 32.6 Å². The molecule has 0 aliphatic heterocycles. The lowest BCUT2D eigenvalue weighted by molar-refractivity contribution is 0.0888. The SMILES string of the molecule is Cc1ccc(-c2cc(C(=O)NC3CCC(N)CC3)on2)cc1. The Morgan fingerprint density at radius 3 is 2.59 bits per heavy atom. The Bertz CT molecular complexity index is 640. The van der Waals surface area contributed by atoms with Crippen molar-refractivity contribution in [3.8, 4) is 11.3 Å². The van der Waals surface area contributed by atoms with Gasteiger partial charge in [-0.1, -0.05) is 35.0 Å². The van der Waals surface area contributed by atoms with Gasteiger partial charge in [0.15, 0.2) is 0 Å². The van der Waals surface area contributed by atoms with E-state index in [1.54, 1.807) is 6.07 Å². The minimum absolute atomic E-state index is 0.181. The van der Waals surface area contributed by atoms with Gasteiger partial charge in [0.1, 0.15) is 5.69 Å². The number of nitrogens with two attached hydrogens (primary N) is 1. The van der Waals surface area contributed by atoms with Crippen molar-refractivity contribution in [2.45, 2.75) is 44.7 Å². The summed E-state index contributed by atoms with van der Waals surface area (Å²) >= 11 is 0. The molecule has 0 spiro atoms. The number of rotatable bonds is 3. The van der Waals surface area contributed by atoms with E-state index in [0.29, 0.717) is 5.69 Å². The molecule has 3 rings (SSSR count). The summed E-state index contributed by atoms with van der Waals surface area (Å²) in [6.07, 6.45) is 3.75. The molecule has 1 saturated carbocycles. The van der Waals surface area contributed by atoms with Crippen molar-refractivity contribution >= 4 is 5.91 Å². The second kappa shape index (κ2) is 6.32. The fourth-order valence-electron chi connectivity index (χ4n) is 2.76. The summed E-state index contributed by atoms with van der Waals surface area (Å²) in [7, 11) is 0. The van der Waals surface area contributed by atoms with Gasteiger partial charge in [-0.3, -0.25) is 4.79 Å². The summed E-state index contributed by atoms with van der Waals surface area (Å²) in [6.45, 7) is 2.03. The zero-order chi connectivity index (χ0) is 15.5. The predicted octanol–water partition coefficient (Wildman–Crippen LogP) is 2.65. The quantitative estimate of drug-likeness (QED) is 0.913. The Hall–Kier alpha value is -2.14. The first kappa shape index (κ1) is 14.8. The highest BCUT2D eigenvalue weighted by atomic mass is 16.5. The van der Waals surface area contributed by atoms with Crippen LogP contribution in [0.3, 0.4) is 0 Å². The molecule has 1 heterocycles. The lowest BCUT2D eigenvalue weighted by Gasteiger charge is -2.26. The van der Waals surface area contributed by atoms with Gasteiger partial charge < -0.3 is 15.6 Å². The van der Waals surface area contributed by atoms with Crippen molar-refractivity contribution in [1.29, 1.82) is 0 Å². The fourth-order valence-corrected chi connectivity index (χ4v) is 2.76. The topological polar surface area (TPSA) is 81.2 Å². The van der Waals surface area contributed by atoms with Gasteiger partial charge in [-0.15, -0.1) is 0 Å². The van der Waals surface area contributed by atoms with Crippen molar-refractivity contribution in [2.75, 3.05) is 0 Å².